The molecule has 2 amide bonds. The number of amides is 2. The highest BCUT2D eigenvalue weighted by Gasteiger charge is 2.17. The zero-order valence-electron chi connectivity index (χ0n) is 10.7. The Balaban J connectivity index is 1.94. The smallest absolute Gasteiger partial charge is 0.261 e. The first-order valence-electron chi connectivity index (χ1n) is 5.97. The number of halogens is 1. The predicted molar refractivity (Wildman–Crippen MR) is 76.3 cm³/mol. The average Bonchev–Trinajstić information content (AvgIpc) is 2.92. The molecule has 1 aromatic heterocycles. The Morgan fingerprint density at radius 1 is 1.25 bits per heavy atom. The molecule has 20 heavy (non-hydrogen) atoms. The summed E-state index contributed by atoms with van der Waals surface area (Å²) < 4.78 is 13.0. The molecule has 0 aliphatic carbocycles. The van der Waals surface area contributed by atoms with Crippen molar-refractivity contribution < 1.29 is 14.0 Å². The maximum absolute atomic E-state index is 13.0. The summed E-state index contributed by atoms with van der Waals surface area (Å²) in [5.41, 5.74) is 0.354. The third-order valence-electron chi connectivity index (χ3n) is 2.58. The van der Waals surface area contributed by atoms with Crippen LogP contribution < -0.4 is 10.6 Å². The number of hydrogen-bond acceptors (Lipinski definition) is 3. The van der Waals surface area contributed by atoms with Gasteiger partial charge in [-0.25, -0.2) is 4.39 Å². The van der Waals surface area contributed by atoms with Crippen LogP contribution in [0.5, 0.6) is 0 Å². The van der Waals surface area contributed by atoms with Gasteiger partial charge in [-0.3, -0.25) is 9.59 Å². The molecule has 0 radical (unpaired) electrons. The molecule has 1 aromatic carbocycles. The SMILES string of the molecule is C[C@@H](NC(=O)c1cccs1)C(=O)Nc1cccc(F)c1. The van der Waals surface area contributed by atoms with Crippen molar-refractivity contribution in [2.75, 3.05) is 5.32 Å². The maximum atomic E-state index is 13.0. The highest BCUT2D eigenvalue weighted by Crippen LogP contribution is 2.10. The van der Waals surface area contributed by atoms with Crippen LogP contribution in [0.4, 0.5) is 10.1 Å². The first kappa shape index (κ1) is 14.2. The number of anilines is 1. The quantitative estimate of drug-likeness (QED) is 0.910. The van der Waals surface area contributed by atoms with Crippen LogP contribution in [-0.4, -0.2) is 17.9 Å². The second kappa shape index (κ2) is 6.29. The number of carbonyl (C=O) groups excluding carboxylic acids is 2. The molecular formula is C14H13FN2O2S. The van der Waals surface area contributed by atoms with Gasteiger partial charge in [0.05, 0.1) is 4.88 Å². The summed E-state index contributed by atoms with van der Waals surface area (Å²) in [5, 5.41) is 6.91. The van der Waals surface area contributed by atoms with Crippen molar-refractivity contribution >= 4 is 28.8 Å². The number of thiophene rings is 1. The van der Waals surface area contributed by atoms with E-state index in [4.69, 9.17) is 0 Å². The maximum Gasteiger partial charge on any atom is 0.261 e. The predicted octanol–water partition coefficient (Wildman–Crippen LogP) is 2.64. The van der Waals surface area contributed by atoms with Gasteiger partial charge >= 0.3 is 0 Å². The van der Waals surface area contributed by atoms with Crippen LogP contribution in [0.2, 0.25) is 0 Å². The molecule has 0 unspecified atom stereocenters. The molecule has 104 valence electrons. The van der Waals surface area contributed by atoms with Crippen molar-refractivity contribution in [2.24, 2.45) is 0 Å². The zero-order chi connectivity index (χ0) is 14.5. The summed E-state index contributed by atoms with van der Waals surface area (Å²) in [6, 6.07) is 8.31. The summed E-state index contributed by atoms with van der Waals surface area (Å²) in [6.45, 7) is 1.57. The molecule has 0 spiro atoms. The third kappa shape index (κ3) is 3.64. The Hall–Kier alpha value is -2.21. The van der Waals surface area contributed by atoms with Gasteiger partial charge in [0.25, 0.3) is 5.91 Å². The molecule has 1 atom stereocenters. The van der Waals surface area contributed by atoms with Crippen LogP contribution in [0.15, 0.2) is 41.8 Å². The molecule has 2 aromatic rings. The molecule has 0 saturated carbocycles. The summed E-state index contributed by atoms with van der Waals surface area (Å²) in [7, 11) is 0. The Labute approximate surface area is 119 Å². The lowest BCUT2D eigenvalue weighted by Gasteiger charge is -2.13. The van der Waals surface area contributed by atoms with E-state index in [1.165, 1.54) is 29.5 Å². The lowest BCUT2D eigenvalue weighted by molar-refractivity contribution is -0.117. The van der Waals surface area contributed by atoms with Gasteiger partial charge in [0.15, 0.2) is 0 Å². The highest BCUT2D eigenvalue weighted by atomic mass is 32.1. The van der Waals surface area contributed by atoms with E-state index >= 15 is 0 Å². The molecule has 4 nitrogen and oxygen atoms in total. The topological polar surface area (TPSA) is 58.2 Å². The first-order valence-corrected chi connectivity index (χ1v) is 6.85. The molecule has 1 heterocycles. The van der Waals surface area contributed by atoms with E-state index in [0.29, 0.717) is 10.6 Å². The Morgan fingerprint density at radius 2 is 2.05 bits per heavy atom. The molecule has 0 aliphatic rings. The number of nitrogens with one attached hydrogen (secondary N) is 2. The molecular weight excluding hydrogens is 279 g/mol. The minimum absolute atomic E-state index is 0.304. The Bertz CT molecular complexity index is 613. The first-order chi connectivity index (χ1) is 9.56. The monoisotopic (exact) mass is 292 g/mol. The van der Waals surface area contributed by atoms with Crippen LogP contribution >= 0.6 is 11.3 Å². The molecule has 2 N–H and O–H groups in total. The van der Waals surface area contributed by atoms with Crippen LogP contribution in [-0.2, 0) is 4.79 Å². The van der Waals surface area contributed by atoms with Crippen LogP contribution in [0.3, 0.4) is 0 Å². The summed E-state index contributed by atoms with van der Waals surface area (Å²) >= 11 is 1.30. The fourth-order valence-corrected chi connectivity index (χ4v) is 2.18. The lowest BCUT2D eigenvalue weighted by Crippen LogP contribution is -2.41. The lowest BCUT2D eigenvalue weighted by atomic mass is 10.2. The van der Waals surface area contributed by atoms with Crippen LogP contribution in [0.25, 0.3) is 0 Å². The highest BCUT2D eigenvalue weighted by molar-refractivity contribution is 7.12. The van der Waals surface area contributed by atoms with Crippen LogP contribution in [0, 0.1) is 5.82 Å². The van der Waals surface area contributed by atoms with E-state index in [0.717, 1.165) is 0 Å². The molecule has 0 aliphatic heterocycles. The van der Waals surface area contributed by atoms with Gasteiger partial charge in [-0.15, -0.1) is 11.3 Å². The van der Waals surface area contributed by atoms with E-state index in [-0.39, 0.29) is 5.91 Å². The van der Waals surface area contributed by atoms with Crippen molar-refractivity contribution in [3.63, 3.8) is 0 Å². The van der Waals surface area contributed by atoms with Gasteiger partial charge in [-0.05, 0) is 36.6 Å². The normalized spacial score (nSPS) is 11.7. The van der Waals surface area contributed by atoms with Gasteiger partial charge in [-0.2, -0.15) is 0 Å². The van der Waals surface area contributed by atoms with Gasteiger partial charge in [-0.1, -0.05) is 12.1 Å². The van der Waals surface area contributed by atoms with Crippen LogP contribution in [0.1, 0.15) is 16.6 Å². The van der Waals surface area contributed by atoms with Gasteiger partial charge in [0, 0.05) is 5.69 Å². The van der Waals surface area contributed by atoms with Crippen molar-refractivity contribution in [1.82, 2.24) is 5.32 Å². The summed E-state index contributed by atoms with van der Waals surface area (Å²) in [6.07, 6.45) is 0. The van der Waals surface area contributed by atoms with E-state index in [1.807, 2.05) is 0 Å². The third-order valence-corrected chi connectivity index (χ3v) is 3.45. The molecule has 0 saturated heterocycles. The van der Waals surface area contributed by atoms with Crippen molar-refractivity contribution in [3.05, 3.63) is 52.5 Å². The molecule has 6 heteroatoms. The van der Waals surface area contributed by atoms with Gasteiger partial charge < -0.3 is 10.6 Å². The number of benzene rings is 1. The fourth-order valence-electron chi connectivity index (χ4n) is 1.56. The van der Waals surface area contributed by atoms with Gasteiger partial charge in [0.2, 0.25) is 5.91 Å². The van der Waals surface area contributed by atoms with Gasteiger partial charge in [0.1, 0.15) is 11.9 Å². The van der Waals surface area contributed by atoms with E-state index in [2.05, 4.69) is 10.6 Å². The fraction of sp³-hybridized carbons (Fsp3) is 0.143. The molecule has 0 bridgehead atoms. The summed E-state index contributed by atoms with van der Waals surface area (Å²) in [4.78, 5) is 24.2. The van der Waals surface area contributed by atoms with Crippen molar-refractivity contribution in [2.45, 2.75) is 13.0 Å². The Kier molecular flexibility index (Phi) is 4.47. The Morgan fingerprint density at radius 3 is 2.70 bits per heavy atom. The van der Waals surface area contributed by atoms with Crippen molar-refractivity contribution in [1.29, 1.82) is 0 Å². The molecule has 0 fully saturated rings. The number of rotatable bonds is 4. The van der Waals surface area contributed by atoms with E-state index < -0.39 is 17.8 Å². The second-order valence-electron chi connectivity index (χ2n) is 4.17. The molecule has 2 rings (SSSR count). The number of hydrogen-bond donors (Lipinski definition) is 2. The number of carbonyl (C=O) groups is 2. The standard InChI is InChI=1S/C14H13FN2O2S/c1-9(16-14(19)12-6-3-7-20-12)13(18)17-11-5-2-4-10(15)8-11/h2-9H,1H3,(H,16,19)(H,17,18)/t9-/m1/s1. The minimum atomic E-state index is -0.715. The average molecular weight is 292 g/mol. The van der Waals surface area contributed by atoms with E-state index in [1.54, 1.807) is 30.5 Å². The zero-order valence-corrected chi connectivity index (χ0v) is 11.5. The van der Waals surface area contributed by atoms with E-state index in [9.17, 15) is 14.0 Å². The second-order valence-corrected chi connectivity index (χ2v) is 5.12. The summed E-state index contributed by atoms with van der Waals surface area (Å²) in [5.74, 6) is -1.14. The largest absolute Gasteiger partial charge is 0.340 e. The van der Waals surface area contributed by atoms with Crippen molar-refractivity contribution in [3.8, 4) is 0 Å². The minimum Gasteiger partial charge on any atom is -0.340 e.